The maximum absolute atomic E-state index is 15.4. The molecule has 3 aliphatic carbocycles. The van der Waals surface area contributed by atoms with Crippen molar-refractivity contribution in [3.05, 3.63) is 82.6 Å². The number of ether oxygens (including phenoxy) is 1. The zero-order valence-electron chi connectivity index (χ0n) is 29.5. The Bertz CT molecular complexity index is 1940. The van der Waals surface area contributed by atoms with E-state index in [2.05, 4.69) is 25.2 Å². The van der Waals surface area contributed by atoms with Crippen LogP contribution in [0, 0.1) is 11.8 Å². The zero-order chi connectivity index (χ0) is 36.3. The minimum atomic E-state index is -1.23. The second-order valence-electron chi connectivity index (χ2n) is 15.9. The second kappa shape index (κ2) is 13.9. The highest BCUT2D eigenvalue weighted by Crippen LogP contribution is 2.53. The van der Waals surface area contributed by atoms with E-state index in [4.69, 9.17) is 27.9 Å². The van der Waals surface area contributed by atoms with Gasteiger partial charge in [0.15, 0.2) is 0 Å². The molecular formula is C41H46Cl2F2N4O3. The Balaban J connectivity index is 0.000000149. The molecule has 2 aromatic carbocycles. The second-order valence-corrected chi connectivity index (χ2v) is 16.7. The third kappa shape index (κ3) is 6.59. The number of hydrogen-bond acceptors (Lipinski definition) is 5. The molecule has 0 amide bonds. The van der Waals surface area contributed by atoms with Crippen molar-refractivity contribution >= 4 is 29.2 Å². The third-order valence-corrected chi connectivity index (χ3v) is 13.5. The molecule has 0 radical (unpaired) electrons. The normalized spacial score (nSPS) is 29.3. The summed E-state index contributed by atoms with van der Waals surface area (Å²) in [6.45, 7) is 0. The van der Waals surface area contributed by atoms with E-state index in [0.29, 0.717) is 63.7 Å². The van der Waals surface area contributed by atoms with E-state index in [1.807, 2.05) is 49.1 Å². The Hall–Kier alpha value is -3.27. The summed E-state index contributed by atoms with van der Waals surface area (Å²) < 4.78 is 39.8. The fraction of sp³-hybridized carbons (Fsp3) is 0.537. The molecule has 11 heteroatoms. The Morgan fingerprint density at radius 2 is 1.25 bits per heavy atom. The maximum atomic E-state index is 15.4. The van der Waals surface area contributed by atoms with Crippen molar-refractivity contribution in [2.75, 3.05) is 7.11 Å². The number of esters is 1. The van der Waals surface area contributed by atoms with Gasteiger partial charge in [-0.05, 0) is 108 Å². The molecule has 7 nitrogen and oxygen atoms in total. The van der Waals surface area contributed by atoms with Crippen molar-refractivity contribution in [1.82, 2.24) is 19.1 Å². The van der Waals surface area contributed by atoms with Crippen LogP contribution in [-0.2, 0) is 9.53 Å². The molecule has 2 unspecified atom stereocenters. The van der Waals surface area contributed by atoms with Crippen LogP contribution in [0.15, 0.2) is 61.4 Å². The summed E-state index contributed by atoms with van der Waals surface area (Å²) in [7, 11) is 1.39. The number of fused-ring (bicyclic) bond motifs is 6. The zero-order valence-corrected chi connectivity index (χ0v) is 31.1. The van der Waals surface area contributed by atoms with Gasteiger partial charge >= 0.3 is 5.97 Å². The molecule has 276 valence electrons. The van der Waals surface area contributed by atoms with Gasteiger partial charge in [0, 0.05) is 32.3 Å². The number of carbonyl (C=O) groups is 1. The fourth-order valence-electron chi connectivity index (χ4n) is 9.60. The summed E-state index contributed by atoms with van der Waals surface area (Å²) in [5, 5.41) is 11.8. The number of nitrogens with zero attached hydrogens (tertiary/aromatic N) is 4. The first kappa shape index (κ1) is 35.7. The van der Waals surface area contributed by atoms with Gasteiger partial charge in [-0.25, -0.2) is 18.7 Å². The Morgan fingerprint density at radius 3 is 1.69 bits per heavy atom. The van der Waals surface area contributed by atoms with Crippen LogP contribution in [0.4, 0.5) is 8.78 Å². The van der Waals surface area contributed by atoms with Crippen molar-refractivity contribution in [2.45, 2.75) is 119 Å². The fourth-order valence-corrected chi connectivity index (χ4v) is 10.2. The topological polar surface area (TPSA) is 82.2 Å². The van der Waals surface area contributed by atoms with Crippen LogP contribution < -0.4 is 0 Å². The number of carbonyl (C=O) groups excluding carboxylic acids is 1. The predicted molar refractivity (Wildman–Crippen MR) is 198 cm³/mol. The lowest BCUT2D eigenvalue weighted by atomic mass is 9.74. The number of methoxy groups -OCH3 is 1. The van der Waals surface area contributed by atoms with Gasteiger partial charge in [0.2, 0.25) is 0 Å². The lowest BCUT2D eigenvalue weighted by molar-refractivity contribution is -0.147. The predicted octanol–water partition coefficient (Wildman–Crippen LogP) is 10.3. The smallest absolute Gasteiger partial charge is 0.308 e. The molecule has 4 aromatic rings. The molecule has 3 fully saturated rings. The largest absolute Gasteiger partial charge is 0.469 e. The van der Waals surface area contributed by atoms with Crippen LogP contribution in [-0.4, -0.2) is 54.2 Å². The molecule has 5 aliphatic rings. The molecule has 9 rings (SSSR count). The van der Waals surface area contributed by atoms with Gasteiger partial charge in [0.25, 0.3) is 0 Å². The highest BCUT2D eigenvalue weighted by molar-refractivity contribution is 6.32. The van der Waals surface area contributed by atoms with Crippen LogP contribution in [0.25, 0.3) is 22.5 Å². The first-order valence-corrected chi connectivity index (χ1v) is 19.6. The standard InChI is InChI=1S/C21H24ClFN2O.C20H22ClFN2O2/c22-16-3-1-2-15-18-12-24-13-25(18)17(19(15)16)6-9-20(23)7-4-14(5-8-20)21(26)10-11-21;1-26-19(25)13-5-8-20(22,9-6-13)10-7-16-18-14(3-2-4-15(18)21)17-11-23-12-24(16)17/h1-3,12-14,17,26H,4-11H2;2-4,11-13,16H,5-10H2,1H3. The minimum Gasteiger partial charge on any atom is -0.469 e. The highest BCUT2D eigenvalue weighted by atomic mass is 35.5. The van der Waals surface area contributed by atoms with E-state index in [1.165, 1.54) is 7.11 Å². The van der Waals surface area contributed by atoms with Crippen molar-refractivity contribution < 1.29 is 23.4 Å². The molecule has 0 saturated heterocycles. The van der Waals surface area contributed by atoms with E-state index < -0.39 is 16.9 Å². The monoisotopic (exact) mass is 750 g/mol. The number of rotatable bonds is 8. The van der Waals surface area contributed by atoms with Gasteiger partial charge in [-0.15, -0.1) is 0 Å². The quantitative estimate of drug-likeness (QED) is 0.181. The van der Waals surface area contributed by atoms with Crippen LogP contribution in [0.2, 0.25) is 10.0 Å². The van der Waals surface area contributed by atoms with Gasteiger partial charge in [-0.2, -0.15) is 0 Å². The number of halogens is 4. The van der Waals surface area contributed by atoms with Gasteiger partial charge in [-0.1, -0.05) is 47.5 Å². The molecule has 4 heterocycles. The van der Waals surface area contributed by atoms with E-state index >= 15 is 8.78 Å². The van der Waals surface area contributed by atoms with Crippen LogP contribution in [0.1, 0.15) is 113 Å². The van der Waals surface area contributed by atoms with Crippen molar-refractivity contribution in [2.24, 2.45) is 11.8 Å². The van der Waals surface area contributed by atoms with Crippen LogP contribution >= 0.6 is 23.2 Å². The van der Waals surface area contributed by atoms with Gasteiger partial charge in [0.1, 0.15) is 11.3 Å². The average molecular weight is 752 g/mol. The van der Waals surface area contributed by atoms with E-state index in [-0.39, 0.29) is 24.0 Å². The Labute approximate surface area is 313 Å². The number of imidazole rings is 2. The van der Waals surface area contributed by atoms with Crippen molar-refractivity contribution in [3.63, 3.8) is 0 Å². The number of aliphatic hydroxyl groups is 1. The molecule has 52 heavy (non-hydrogen) atoms. The van der Waals surface area contributed by atoms with Crippen molar-refractivity contribution in [1.29, 1.82) is 0 Å². The molecule has 2 aliphatic heterocycles. The Morgan fingerprint density at radius 1 is 0.788 bits per heavy atom. The van der Waals surface area contributed by atoms with Crippen LogP contribution in [0.5, 0.6) is 0 Å². The lowest BCUT2D eigenvalue weighted by Gasteiger charge is -2.36. The summed E-state index contributed by atoms with van der Waals surface area (Å²) in [6.07, 6.45) is 16.2. The van der Waals surface area contributed by atoms with Gasteiger partial charge in [0.05, 0.1) is 67.1 Å². The maximum Gasteiger partial charge on any atom is 0.308 e. The molecule has 1 N–H and O–H groups in total. The molecular weight excluding hydrogens is 705 g/mol. The average Bonchev–Trinajstić information content (AvgIpc) is 3.54. The first-order chi connectivity index (χ1) is 25.0. The summed E-state index contributed by atoms with van der Waals surface area (Å²) in [5.74, 6) is -0.0781. The molecule has 3 saturated carbocycles. The molecule has 0 spiro atoms. The summed E-state index contributed by atoms with van der Waals surface area (Å²) in [5.41, 5.74) is 3.67. The SMILES string of the molecule is COC(=O)C1CCC(F)(CCC2c3c(Cl)cccc3-c3cncn32)CC1.OC1(C2CCC(F)(CCC3c4c(Cl)cccc4-c4cncn43)CC2)CC1. The lowest BCUT2D eigenvalue weighted by Crippen LogP contribution is -2.35. The van der Waals surface area contributed by atoms with E-state index in [9.17, 15) is 9.90 Å². The van der Waals surface area contributed by atoms with E-state index in [0.717, 1.165) is 75.8 Å². The first-order valence-electron chi connectivity index (χ1n) is 18.8. The number of alkyl halides is 2. The minimum absolute atomic E-state index is 0.0159. The summed E-state index contributed by atoms with van der Waals surface area (Å²) >= 11 is 12.9. The molecule has 2 atom stereocenters. The van der Waals surface area contributed by atoms with E-state index in [1.54, 1.807) is 6.33 Å². The Kier molecular flexibility index (Phi) is 9.52. The van der Waals surface area contributed by atoms with Gasteiger partial charge in [-0.3, -0.25) is 4.79 Å². The number of hydrogen-bond donors (Lipinski definition) is 1. The summed E-state index contributed by atoms with van der Waals surface area (Å²) in [6, 6.07) is 11.9. The highest BCUT2D eigenvalue weighted by Gasteiger charge is 2.51. The molecule has 0 bridgehead atoms. The molecule has 2 aromatic heterocycles. The van der Waals surface area contributed by atoms with Gasteiger partial charge < -0.3 is 19.0 Å². The third-order valence-electron chi connectivity index (χ3n) is 12.9. The van der Waals surface area contributed by atoms with Crippen molar-refractivity contribution in [3.8, 4) is 22.5 Å². The van der Waals surface area contributed by atoms with Crippen LogP contribution in [0.3, 0.4) is 0 Å². The summed E-state index contributed by atoms with van der Waals surface area (Å²) in [4.78, 5) is 20.2. The number of aromatic nitrogens is 4. The number of benzene rings is 2.